The van der Waals surface area contributed by atoms with Crippen molar-refractivity contribution in [1.82, 2.24) is 15.6 Å². The van der Waals surface area contributed by atoms with E-state index in [4.69, 9.17) is 0 Å². The van der Waals surface area contributed by atoms with Crippen molar-refractivity contribution in [2.75, 3.05) is 6.54 Å². The Balaban J connectivity index is 2.57. The molecule has 0 saturated heterocycles. The molecule has 2 amide bonds. The molecule has 1 aromatic rings. The molecule has 0 bridgehead atoms. The Bertz CT molecular complexity index is 463. The number of carbonyl (C=O) groups is 2. The molecule has 0 saturated carbocycles. The summed E-state index contributed by atoms with van der Waals surface area (Å²) in [5.74, 6) is -1.32. The fraction of sp³-hybridized carbons (Fsp3) is 0.462. The molecule has 0 fully saturated rings. The minimum absolute atomic E-state index is 0.126. The first-order chi connectivity index (χ1) is 8.91. The van der Waals surface area contributed by atoms with Crippen molar-refractivity contribution in [3.63, 3.8) is 0 Å². The Kier molecular flexibility index (Phi) is 5.41. The molecule has 1 atom stereocenters. The van der Waals surface area contributed by atoms with Gasteiger partial charge in [-0.2, -0.15) is 0 Å². The quantitative estimate of drug-likeness (QED) is 0.839. The second-order valence-corrected chi connectivity index (χ2v) is 4.69. The second kappa shape index (κ2) is 6.82. The van der Waals surface area contributed by atoms with Crippen LogP contribution in [0.15, 0.2) is 18.5 Å². The molecule has 0 aliphatic carbocycles. The van der Waals surface area contributed by atoms with Crippen molar-refractivity contribution in [3.05, 3.63) is 29.8 Å². The van der Waals surface area contributed by atoms with Crippen LogP contribution in [0.3, 0.4) is 0 Å². The molecule has 0 aromatic carbocycles. The average Bonchev–Trinajstić information content (AvgIpc) is 2.36. The zero-order valence-electron chi connectivity index (χ0n) is 11.2. The SMILES string of the molecule is CC(C)CNC(=O)C(C)NC(=O)c1ccncc1F. The van der Waals surface area contributed by atoms with Gasteiger partial charge in [0.15, 0.2) is 5.82 Å². The van der Waals surface area contributed by atoms with Crippen LogP contribution in [0.25, 0.3) is 0 Å². The maximum atomic E-state index is 13.3. The highest BCUT2D eigenvalue weighted by molar-refractivity contribution is 5.97. The molecule has 6 heteroatoms. The highest BCUT2D eigenvalue weighted by Gasteiger charge is 2.18. The van der Waals surface area contributed by atoms with Crippen molar-refractivity contribution < 1.29 is 14.0 Å². The van der Waals surface area contributed by atoms with Gasteiger partial charge < -0.3 is 10.6 Å². The van der Waals surface area contributed by atoms with Crippen LogP contribution in [-0.4, -0.2) is 29.4 Å². The van der Waals surface area contributed by atoms with Crippen molar-refractivity contribution >= 4 is 11.8 Å². The van der Waals surface area contributed by atoms with Crippen molar-refractivity contribution in [2.45, 2.75) is 26.8 Å². The highest BCUT2D eigenvalue weighted by atomic mass is 19.1. The van der Waals surface area contributed by atoms with Gasteiger partial charge in [0.2, 0.25) is 5.91 Å². The monoisotopic (exact) mass is 267 g/mol. The fourth-order valence-electron chi connectivity index (χ4n) is 1.36. The van der Waals surface area contributed by atoms with Gasteiger partial charge in [0.05, 0.1) is 11.8 Å². The molecule has 19 heavy (non-hydrogen) atoms. The lowest BCUT2D eigenvalue weighted by Gasteiger charge is -2.15. The van der Waals surface area contributed by atoms with Crippen molar-refractivity contribution in [3.8, 4) is 0 Å². The molecule has 1 aromatic heterocycles. The molecule has 104 valence electrons. The molecule has 0 radical (unpaired) electrons. The van der Waals surface area contributed by atoms with E-state index >= 15 is 0 Å². The predicted octanol–water partition coefficient (Wildman–Crippen LogP) is 1.11. The number of nitrogens with one attached hydrogen (secondary N) is 2. The fourth-order valence-corrected chi connectivity index (χ4v) is 1.36. The Morgan fingerprint density at radius 1 is 1.37 bits per heavy atom. The summed E-state index contributed by atoms with van der Waals surface area (Å²) in [6.07, 6.45) is 2.28. The lowest BCUT2D eigenvalue weighted by molar-refractivity contribution is -0.122. The Morgan fingerprint density at radius 2 is 2.05 bits per heavy atom. The number of carbonyl (C=O) groups excluding carboxylic acids is 2. The van der Waals surface area contributed by atoms with Gasteiger partial charge in [0.25, 0.3) is 5.91 Å². The molecule has 0 aliphatic rings. The first-order valence-electron chi connectivity index (χ1n) is 6.10. The first kappa shape index (κ1) is 15.1. The summed E-state index contributed by atoms with van der Waals surface area (Å²) in [5, 5.41) is 5.14. The smallest absolute Gasteiger partial charge is 0.255 e. The average molecular weight is 267 g/mol. The maximum absolute atomic E-state index is 13.3. The van der Waals surface area contributed by atoms with Crippen LogP contribution in [0.5, 0.6) is 0 Å². The minimum atomic E-state index is -0.723. The van der Waals surface area contributed by atoms with Crippen LogP contribution in [0.4, 0.5) is 4.39 Å². The summed E-state index contributed by atoms with van der Waals surface area (Å²) in [6, 6.07) is 0.544. The predicted molar refractivity (Wildman–Crippen MR) is 69.0 cm³/mol. The summed E-state index contributed by atoms with van der Waals surface area (Å²) in [5.41, 5.74) is -0.126. The van der Waals surface area contributed by atoms with Crippen LogP contribution in [0.2, 0.25) is 0 Å². The number of nitrogens with zero attached hydrogens (tertiary/aromatic N) is 1. The van der Waals surface area contributed by atoms with E-state index in [-0.39, 0.29) is 11.5 Å². The van der Waals surface area contributed by atoms with Gasteiger partial charge in [-0.15, -0.1) is 0 Å². The van der Waals surface area contributed by atoms with Crippen LogP contribution < -0.4 is 10.6 Å². The molecule has 2 N–H and O–H groups in total. The van der Waals surface area contributed by atoms with Gasteiger partial charge in [-0.1, -0.05) is 13.8 Å². The molecular formula is C13H18FN3O2. The zero-order chi connectivity index (χ0) is 14.4. The van der Waals surface area contributed by atoms with Crippen LogP contribution in [0, 0.1) is 11.7 Å². The van der Waals surface area contributed by atoms with Crippen LogP contribution in [-0.2, 0) is 4.79 Å². The highest BCUT2D eigenvalue weighted by Crippen LogP contribution is 2.04. The van der Waals surface area contributed by atoms with E-state index in [2.05, 4.69) is 15.6 Å². The normalized spacial score (nSPS) is 12.1. The number of halogens is 1. The summed E-state index contributed by atoms with van der Waals surface area (Å²) >= 11 is 0. The van der Waals surface area contributed by atoms with E-state index in [0.29, 0.717) is 12.5 Å². The summed E-state index contributed by atoms with van der Waals surface area (Å²) < 4.78 is 13.3. The van der Waals surface area contributed by atoms with E-state index in [1.165, 1.54) is 12.3 Å². The Morgan fingerprint density at radius 3 is 2.63 bits per heavy atom. The summed E-state index contributed by atoms with van der Waals surface area (Å²) in [4.78, 5) is 27.0. The van der Waals surface area contributed by atoms with Gasteiger partial charge in [-0.05, 0) is 18.9 Å². The maximum Gasteiger partial charge on any atom is 0.255 e. The minimum Gasteiger partial charge on any atom is -0.354 e. The van der Waals surface area contributed by atoms with E-state index in [9.17, 15) is 14.0 Å². The summed E-state index contributed by atoms with van der Waals surface area (Å²) in [6.45, 7) is 6.01. The van der Waals surface area contributed by atoms with Crippen LogP contribution >= 0.6 is 0 Å². The number of pyridine rings is 1. The first-order valence-corrected chi connectivity index (χ1v) is 6.10. The van der Waals surface area contributed by atoms with Crippen molar-refractivity contribution in [2.24, 2.45) is 5.92 Å². The van der Waals surface area contributed by atoms with Crippen molar-refractivity contribution in [1.29, 1.82) is 0 Å². The number of aromatic nitrogens is 1. The molecule has 0 aliphatic heterocycles. The number of amides is 2. The third kappa shape index (κ3) is 4.65. The van der Waals surface area contributed by atoms with Gasteiger partial charge in [-0.3, -0.25) is 14.6 Å². The van der Waals surface area contributed by atoms with E-state index in [1.54, 1.807) is 6.92 Å². The third-order valence-electron chi connectivity index (χ3n) is 2.44. The lowest BCUT2D eigenvalue weighted by Crippen LogP contribution is -2.45. The molecular weight excluding hydrogens is 249 g/mol. The van der Waals surface area contributed by atoms with Gasteiger partial charge in [-0.25, -0.2) is 4.39 Å². The van der Waals surface area contributed by atoms with Gasteiger partial charge in [0, 0.05) is 12.7 Å². The second-order valence-electron chi connectivity index (χ2n) is 4.69. The number of rotatable bonds is 5. The molecule has 5 nitrogen and oxygen atoms in total. The summed E-state index contributed by atoms with van der Waals surface area (Å²) in [7, 11) is 0. The number of hydrogen-bond donors (Lipinski definition) is 2. The van der Waals surface area contributed by atoms with E-state index in [0.717, 1.165) is 6.20 Å². The molecule has 1 heterocycles. The standard InChI is InChI=1S/C13H18FN3O2/c1-8(2)6-16-12(18)9(3)17-13(19)10-4-5-15-7-11(10)14/h4-5,7-9H,6H2,1-3H3,(H,16,18)(H,17,19). The third-order valence-corrected chi connectivity index (χ3v) is 2.44. The largest absolute Gasteiger partial charge is 0.354 e. The topological polar surface area (TPSA) is 71.1 Å². The lowest BCUT2D eigenvalue weighted by atomic mass is 10.2. The van der Waals surface area contributed by atoms with E-state index in [1.807, 2.05) is 13.8 Å². The number of hydrogen-bond acceptors (Lipinski definition) is 3. The van der Waals surface area contributed by atoms with Gasteiger partial charge in [0.1, 0.15) is 6.04 Å². The zero-order valence-corrected chi connectivity index (χ0v) is 11.2. The Labute approximate surface area is 111 Å². The van der Waals surface area contributed by atoms with Crippen LogP contribution in [0.1, 0.15) is 31.1 Å². The van der Waals surface area contributed by atoms with E-state index < -0.39 is 17.8 Å². The Hall–Kier alpha value is -1.98. The molecule has 1 rings (SSSR count). The van der Waals surface area contributed by atoms with Gasteiger partial charge >= 0.3 is 0 Å². The molecule has 1 unspecified atom stereocenters. The molecule has 0 spiro atoms.